The Labute approximate surface area is 173 Å². The summed E-state index contributed by atoms with van der Waals surface area (Å²) in [7, 11) is 3.15. The number of nitrogens with zero attached hydrogens (tertiary/aromatic N) is 1. The summed E-state index contributed by atoms with van der Waals surface area (Å²) in [4.78, 5) is 20.3. The number of aromatic amines is 1. The largest absolute Gasteiger partial charge is 0.497 e. The topological polar surface area (TPSA) is 85.5 Å². The van der Waals surface area contributed by atoms with Gasteiger partial charge in [-0.2, -0.15) is 0 Å². The van der Waals surface area contributed by atoms with Crippen LogP contribution in [0.15, 0.2) is 66.7 Å². The van der Waals surface area contributed by atoms with Crippen molar-refractivity contribution in [1.82, 2.24) is 9.97 Å². The molecule has 7 heteroatoms. The second-order valence-corrected chi connectivity index (χ2v) is 6.53. The minimum absolute atomic E-state index is 0.135. The van der Waals surface area contributed by atoms with Crippen molar-refractivity contribution in [2.75, 3.05) is 26.1 Å². The van der Waals surface area contributed by atoms with Gasteiger partial charge >= 0.3 is 0 Å². The van der Waals surface area contributed by atoms with Crippen molar-refractivity contribution in [3.05, 3.63) is 66.7 Å². The van der Waals surface area contributed by atoms with Crippen LogP contribution in [0.2, 0.25) is 0 Å². The molecule has 0 spiro atoms. The molecule has 152 valence electrons. The third-order valence-corrected chi connectivity index (χ3v) is 4.57. The fourth-order valence-electron chi connectivity index (χ4n) is 3.05. The van der Waals surface area contributed by atoms with Crippen LogP contribution in [0.3, 0.4) is 0 Å². The Morgan fingerprint density at radius 1 is 0.967 bits per heavy atom. The van der Waals surface area contributed by atoms with Crippen molar-refractivity contribution in [2.24, 2.45) is 0 Å². The molecule has 0 aliphatic rings. The predicted octanol–water partition coefficient (Wildman–Crippen LogP) is 4.26. The van der Waals surface area contributed by atoms with E-state index < -0.39 is 0 Å². The molecule has 0 saturated heterocycles. The molecule has 0 atom stereocenters. The zero-order valence-corrected chi connectivity index (χ0v) is 16.6. The molecule has 0 unspecified atom stereocenters. The number of rotatable bonds is 7. The van der Waals surface area contributed by atoms with Crippen molar-refractivity contribution in [2.45, 2.75) is 0 Å². The van der Waals surface area contributed by atoms with Crippen LogP contribution in [-0.2, 0) is 4.79 Å². The predicted molar refractivity (Wildman–Crippen MR) is 115 cm³/mol. The number of amides is 1. The van der Waals surface area contributed by atoms with Gasteiger partial charge in [0.15, 0.2) is 6.61 Å². The van der Waals surface area contributed by atoms with E-state index >= 15 is 0 Å². The Morgan fingerprint density at radius 2 is 1.73 bits per heavy atom. The van der Waals surface area contributed by atoms with Gasteiger partial charge in [-0.05, 0) is 54.6 Å². The Hall–Kier alpha value is -4.00. The van der Waals surface area contributed by atoms with Crippen LogP contribution in [0.25, 0.3) is 22.4 Å². The zero-order chi connectivity index (χ0) is 20.9. The van der Waals surface area contributed by atoms with Crippen molar-refractivity contribution in [3.63, 3.8) is 0 Å². The molecule has 2 N–H and O–H groups in total. The smallest absolute Gasteiger partial charge is 0.262 e. The Balaban J connectivity index is 1.49. The first-order valence-electron chi connectivity index (χ1n) is 9.36. The lowest BCUT2D eigenvalue weighted by Gasteiger charge is -2.12. The van der Waals surface area contributed by atoms with E-state index in [0.29, 0.717) is 23.0 Å². The SMILES string of the molecule is COc1ccc(OCC(=O)Nc2cc(-c3nc4ccccc4[nH]3)ccc2OC)cc1. The molecular weight excluding hydrogens is 382 g/mol. The number of H-pyrrole nitrogens is 1. The van der Waals surface area contributed by atoms with Gasteiger partial charge in [0.05, 0.1) is 30.9 Å². The average Bonchev–Trinajstić information content (AvgIpc) is 3.22. The molecule has 0 bridgehead atoms. The average molecular weight is 403 g/mol. The number of benzene rings is 3. The normalized spacial score (nSPS) is 10.6. The maximum Gasteiger partial charge on any atom is 0.262 e. The first kappa shape index (κ1) is 19.3. The van der Waals surface area contributed by atoms with Crippen molar-refractivity contribution < 1.29 is 19.0 Å². The van der Waals surface area contributed by atoms with Gasteiger partial charge < -0.3 is 24.5 Å². The zero-order valence-electron chi connectivity index (χ0n) is 16.6. The summed E-state index contributed by atoms with van der Waals surface area (Å²) in [5, 5.41) is 2.84. The van der Waals surface area contributed by atoms with Crippen LogP contribution in [0.1, 0.15) is 0 Å². The number of anilines is 1. The lowest BCUT2D eigenvalue weighted by atomic mass is 10.1. The van der Waals surface area contributed by atoms with Gasteiger partial charge in [0, 0.05) is 5.56 Å². The van der Waals surface area contributed by atoms with Crippen LogP contribution in [-0.4, -0.2) is 36.7 Å². The fraction of sp³-hybridized carbons (Fsp3) is 0.130. The van der Waals surface area contributed by atoms with Gasteiger partial charge in [-0.1, -0.05) is 12.1 Å². The monoisotopic (exact) mass is 403 g/mol. The fourth-order valence-corrected chi connectivity index (χ4v) is 3.05. The highest BCUT2D eigenvalue weighted by atomic mass is 16.5. The molecule has 4 aromatic rings. The molecule has 0 saturated carbocycles. The van der Waals surface area contributed by atoms with E-state index in [1.54, 1.807) is 44.6 Å². The van der Waals surface area contributed by atoms with Crippen LogP contribution in [0.4, 0.5) is 5.69 Å². The molecule has 0 aliphatic heterocycles. The highest BCUT2D eigenvalue weighted by Gasteiger charge is 2.12. The summed E-state index contributed by atoms with van der Waals surface area (Å²) in [5.74, 6) is 2.26. The van der Waals surface area contributed by atoms with Gasteiger partial charge in [0.2, 0.25) is 0 Å². The molecule has 0 fully saturated rings. The maximum absolute atomic E-state index is 12.4. The van der Waals surface area contributed by atoms with E-state index in [1.807, 2.05) is 36.4 Å². The Bertz CT molecular complexity index is 1140. The lowest BCUT2D eigenvalue weighted by molar-refractivity contribution is -0.118. The van der Waals surface area contributed by atoms with E-state index in [4.69, 9.17) is 14.2 Å². The maximum atomic E-state index is 12.4. The number of hydrogen-bond donors (Lipinski definition) is 2. The highest BCUT2D eigenvalue weighted by Crippen LogP contribution is 2.30. The standard InChI is InChI=1S/C23H21N3O4/c1-28-16-8-10-17(11-9-16)30-14-22(27)24-20-13-15(7-12-21(20)29-2)23-25-18-5-3-4-6-19(18)26-23/h3-13H,14H2,1-2H3,(H,24,27)(H,25,26). The molecule has 1 heterocycles. The number of ether oxygens (including phenoxy) is 3. The lowest BCUT2D eigenvalue weighted by Crippen LogP contribution is -2.20. The summed E-state index contributed by atoms with van der Waals surface area (Å²) < 4.78 is 16.0. The molecule has 0 radical (unpaired) electrons. The van der Waals surface area contributed by atoms with Gasteiger partial charge in [0.1, 0.15) is 23.1 Å². The summed E-state index contributed by atoms with van der Waals surface area (Å²) >= 11 is 0. The van der Waals surface area contributed by atoms with Crippen LogP contribution in [0.5, 0.6) is 17.2 Å². The number of carbonyl (C=O) groups excluding carboxylic acids is 1. The molecule has 1 amide bonds. The second kappa shape index (κ2) is 8.57. The third-order valence-electron chi connectivity index (χ3n) is 4.57. The van der Waals surface area contributed by atoms with Crippen LogP contribution < -0.4 is 19.5 Å². The molecule has 4 rings (SSSR count). The molecule has 1 aromatic heterocycles. The summed E-state index contributed by atoms with van der Waals surface area (Å²) in [6, 6.07) is 20.3. The minimum atomic E-state index is -0.300. The number of nitrogens with one attached hydrogen (secondary N) is 2. The first-order valence-corrected chi connectivity index (χ1v) is 9.36. The number of hydrogen-bond acceptors (Lipinski definition) is 5. The molecule has 0 aliphatic carbocycles. The number of fused-ring (bicyclic) bond motifs is 1. The van der Waals surface area contributed by atoms with Crippen LogP contribution in [0, 0.1) is 0 Å². The number of para-hydroxylation sites is 2. The molecule has 30 heavy (non-hydrogen) atoms. The Morgan fingerprint density at radius 3 is 2.47 bits per heavy atom. The minimum Gasteiger partial charge on any atom is -0.497 e. The highest BCUT2D eigenvalue weighted by molar-refractivity contribution is 5.94. The Kier molecular flexibility index (Phi) is 5.52. The van der Waals surface area contributed by atoms with Gasteiger partial charge in [-0.3, -0.25) is 4.79 Å². The molecule has 3 aromatic carbocycles. The first-order chi connectivity index (χ1) is 14.7. The number of aromatic nitrogens is 2. The third kappa shape index (κ3) is 4.20. The quantitative estimate of drug-likeness (QED) is 0.481. The van der Waals surface area contributed by atoms with Crippen molar-refractivity contribution in [1.29, 1.82) is 0 Å². The van der Waals surface area contributed by atoms with E-state index in [1.165, 1.54) is 0 Å². The van der Waals surface area contributed by atoms with Gasteiger partial charge in [0.25, 0.3) is 5.91 Å². The number of carbonyl (C=O) groups is 1. The van der Waals surface area contributed by atoms with Crippen molar-refractivity contribution >= 4 is 22.6 Å². The number of methoxy groups -OCH3 is 2. The summed E-state index contributed by atoms with van der Waals surface area (Å²) in [5.41, 5.74) is 3.20. The summed E-state index contributed by atoms with van der Waals surface area (Å²) in [6.07, 6.45) is 0. The molecular formula is C23H21N3O4. The van der Waals surface area contributed by atoms with E-state index in [2.05, 4.69) is 15.3 Å². The van der Waals surface area contributed by atoms with Gasteiger partial charge in [-0.15, -0.1) is 0 Å². The van der Waals surface area contributed by atoms with E-state index in [9.17, 15) is 4.79 Å². The van der Waals surface area contributed by atoms with E-state index in [-0.39, 0.29) is 12.5 Å². The second-order valence-electron chi connectivity index (χ2n) is 6.53. The molecule has 7 nitrogen and oxygen atoms in total. The van der Waals surface area contributed by atoms with E-state index in [0.717, 1.165) is 22.3 Å². The summed E-state index contributed by atoms with van der Waals surface area (Å²) in [6.45, 7) is -0.135. The van der Waals surface area contributed by atoms with Crippen LogP contribution >= 0.6 is 0 Å². The van der Waals surface area contributed by atoms with Gasteiger partial charge in [-0.25, -0.2) is 4.98 Å². The number of imidazole rings is 1. The van der Waals surface area contributed by atoms with Crippen molar-refractivity contribution in [3.8, 4) is 28.6 Å².